The molecule has 5 heteroatoms. The van der Waals surface area contributed by atoms with Crippen LogP contribution in [0.25, 0.3) is 0 Å². The summed E-state index contributed by atoms with van der Waals surface area (Å²) in [5.41, 5.74) is 1.69. The molecular formula is C16H24N4O. The molecule has 0 unspecified atom stereocenters. The van der Waals surface area contributed by atoms with Crippen molar-refractivity contribution < 1.29 is 4.74 Å². The molecule has 0 radical (unpaired) electrons. The van der Waals surface area contributed by atoms with Crippen LogP contribution in [0.3, 0.4) is 0 Å². The topological polar surface area (TPSA) is 73.9 Å². The average Bonchev–Trinajstić information content (AvgIpc) is 3.31. The van der Waals surface area contributed by atoms with E-state index in [0.717, 1.165) is 37.2 Å². The van der Waals surface area contributed by atoms with E-state index >= 15 is 0 Å². The van der Waals surface area contributed by atoms with Gasteiger partial charge in [-0.15, -0.1) is 0 Å². The minimum absolute atomic E-state index is 0.224. The van der Waals surface area contributed by atoms with Crippen molar-refractivity contribution in [3.8, 4) is 5.75 Å². The minimum Gasteiger partial charge on any atom is -0.493 e. The summed E-state index contributed by atoms with van der Waals surface area (Å²) in [5.74, 6) is 1.40. The molecule has 0 spiro atoms. The summed E-state index contributed by atoms with van der Waals surface area (Å²) >= 11 is 0. The van der Waals surface area contributed by atoms with Gasteiger partial charge in [0.15, 0.2) is 0 Å². The van der Waals surface area contributed by atoms with Gasteiger partial charge in [-0.3, -0.25) is 15.4 Å². The molecule has 21 heavy (non-hydrogen) atoms. The van der Waals surface area contributed by atoms with Crippen LogP contribution in [0, 0.1) is 16.2 Å². The third-order valence-electron chi connectivity index (χ3n) is 4.65. The van der Waals surface area contributed by atoms with Gasteiger partial charge in [0.1, 0.15) is 11.2 Å². The van der Waals surface area contributed by atoms with Gasteiger partial charge in [0.25, 0.3) is 0 Å². The van der Waals surface area contributed by atoms with Crippen molar-refractivity contribution in [3.05, 3.63) is 23.3 Å². The van der Waals surface area contributed by atoms with E-state index in [1.807, 2.05) is 6.20 Å². The lowest BCUT2D eigenvalue weighted by molar-refractivity contribution is 0.122. The van der Waals surface area contributed by atoms with Gasteiger partial charge in [0.2, 0.25) is 0 Å². The fourth-order valence-electron chi connectivity index (χ4n) is 2.92. The molecule has 2 fully saturated rings. The SMILES string of the molecule is CC1(COc2cc(=N)n(C=N)cc2C2CC2)CCNCC1. The molecule has 1 aliphatic carbocycles. The second-order valence-corrected chi connectivity index (χ2v) is 6.64. The van der Waals surface area contributed by atoms with E-state index in [1.165, 1.54) is 19.2 Å². The van der Waals surface area contributed by atoms with Gasteiger partial charge >= 0.3 is 0 Å². The van der Waals surface area contributed by atoms with Crippen LogP contribution in [0.15, 0.2) is 12.3 Å². The van der Waals surface area contributed by atoms with Gasteiger partial charge in [-0.25, -0.2) is 0 Å². The first-order valence-corrected chi connectivity index (χ1v) is 7.76. The number of nitrogens with one attached hydrogen (secondary N) is 3. The number of nitrogens with zero attached hydrogens (tertiary/aromatic N) is 1. The van der Waals surface area contributed by atoms with Crippen LogP contribution in [0.5, 0.6) is 5.75 Å². The van der Waals surface area contributed by atoms with Crippen LogP contribution in [-0.4, -0.2) is 30.6 Å². The average molecular weight is 288 g/mol. The van der Waals surface area contributed by atoms with E-state index in [0.29, 0.717) is 18.0 Å². The summed E-state index contributed by atoms with van der Waals surface area (Å²) < 4.78 is 7.67. The van der Waals surface area contributed by atoms with Crippen molar-refractivity contribution in [1.82, 2.24) is 9.88 Å². The zero-order chi connectivity index (χ0) is 14.9. The quantitative estimate of drug-likeness (QED) is 0.573. The third-order valence-corrected chi connectivity index (χ3v) is 4.65. The molecule has 0 bridgehead atoms. The van der Waals surface area contributed by atoms with Gasteiger partial charge in [-0.2, -0.15) is 0 Å². The van der Waals surface area contributed by atoms with Gasteiger partial charge in [0, 0.05) is 23.2 Å². The Labute approximate surface area is 125 Å². The first-order valence-electron chi connectivity index (χ1n) is 7.76. The smallest absolute Gasteiger partial charge is 0.133 e. The van der Waals surface area contributed by atoms with E-state index < -0.39 is 0 Å². The summed E-state index contributed by atoms with van der Waals surface area (Å²) in [6.45, 7) is 5.11. The standard InChI is InChI=1S/C16H24N4O/c1-16(4-6-19-7-5-16)10-21-14-8-15(18)20(11-17)9-13(14)12-2-3-12/h8-9,11-12,17-19H,2-7,10H2,1H3. The first-order chi connectivity index (χ1) is 10.1. The molecule has 5 nitrogen and oxygen atoms in total. The number of pyridine rings is 1. The van der Waals surface area contributed by atoms with E-state index in [1.54, 1.807) is 10.6 Å². The zero-order valence-corrected chi connectivity index (χ0v) is 12.6. The lowest BCUT2D eigenvalue weighted by Crippen LogP contribution is -2.38. The van der Waals surface area contributed by atoms with Crippen LogP contribution >= 0.6 is 0 Å². The van der Waals surface area contributed by atoms with Crippen molar-refractivity contribution in [3.63, 3.8) is 0 Å². The Morgan fingerprint density at radius 3 is 2.76 bits per heavy atom. The van der Waals surface area contributed by atoms with Crippen LogP contribution in [0.2, 0.25) is 0 Å². The summed E-state index contributed by atoms with van der Waals surface area (Å²) in [4.78, 5) is 0. The maximum Gasteiger partial charge on any atom is 0.133 e. The van der Waals surface area contributed by atoms with Gasteiger partial charge < -0.3 is 10.1 Å². The molecule has 1 aromatic rings. The Balaban J connectivity index is 1.79. The number of rotatable bonds is 5. The molecule has 1 aromatic heterocycles. The number of hydrogen-bond donors (Lipinski definition) is 3. The van der Waals surface area contributed by atoms with Gasteiger partial charge in [-0.05, 0) is 44.7 Å². The fourth-order valence-corrected chi connectivity index (χ4v) is 2.92. The van der Waals surface area contributed by atoms with Crippen LogP contribution in [0.1, 0.15) is 44.1 Å². The minimum atomic E-state index is 0.224. The molecule has 1 aliphatic heterocycles. The summed E-state index contributed by atoms with van der Waals surface area (Å²) in [7, 11) is 0. The molecule has 0 aromatic carbocycles. The maximum atomic E-state index is 7.96. The van der Waals surface area contributed by atoms with Gasteiger partial charge in [-0.1, -0.05) is 6.92 Å². The second-order valence-electron chi connectivity index (χ2n) is 6.64. The highest BCUT2D eigenvalue weighted by Crippen LogP contribution is 2.44. The number of aromatic nitrogens is 1. The number of piperidine rings is 1. The number of hydrogen-bond acceptors (Lipinski definition) is 4. The van der Waals surface area contributed by atoms with Crippen molar-refractivity contribution in [2.24, 2.45) is 5.41 Å². The Bertz CT molecular complexity index is 582. The lowest BCUT2D eigenvalue weighted by atomic mass is 9.82. The summed E-state index contributed by atoms with van der Waals surface area (Å²) in [6, 6.07) is 1.77. The molecule has 1 saturated carbocycles. The number of ether oxygens (including phenoxy) is 1. The Morgan fingerprint density at radius 1 is 1.43 bits per heavy atom. The van der Waals surface area contributed by atoms with E-state index in [9.17, 15) is 0 Å². The van der Waals surface area contributed by atoms with Crippen LogP contribution in [0.4, 0.5) is 0 Å². The Morgan fingerprint density at radius 2 is 2.14 bits per heavy atom. The molecule has 0 atom stereocenters. The van der Waals surface area contributed by atoms with Crippen molar-refractivity contribution in [2.45, 2.75) is 38.5 Å². The van der Waals surface area contributed by atoms with E-state index in [2.05, 4.69) is 12.2 Å². The predicted molar refractivity (Wildman–Crippen MR) is 82.1 cm³/mol. The summed E-state index contributed by atoms with van der Waals surface area (Å²) in [6.07, 6.45) is 7.72. The fraction of sp³-hybridized carbons (Fsp3) is 0.625. The molecular weight excluding hydrogens is 264 g/mol. The molecule has 2 aliphatic rings. The zero-order valence-electron chi connectivity index (χ0n) is 12.6. The second kappa shape index (κ2) is 5.64. The molecule has 2 heterocycles. The Hall–Kier alpha value is -1.62. The molecule has 0 amide bonds. The maximum absolute atomic E-state index is 7.96. The normalized spacial score (nSPS) is 21.0. The molecule has 3 rings (SSSR count). The third kappa shape index (κ3) is 3.18. The monoisotopic (exact) mass is 288 g/mol. The molecule has 1 saturated heterocycles. The van der Waals surface area contributed by atoms with Crippen LogP contribution in [-0.2, 0) is 0 Å². The highest BCUT2D eigenvalue weighted by molar-refractivity contribution is 5.55. The molecule has 3 N–H and O–H groups in total. The van der Waals surface area contributed by atoms with Crippen LogP contribution < -0.4 is 15.5 Å². The largest absolute Gasteiger partial charge is 0.493 e. The van der Waals surface area contributed by atoms with Crippen molar-refractivity contribution in [2.75, 3.05) is 19.7 Å². The van der Waals surface area contributed by atoms with E-state index in [4.69, 9.17) is 15.6 Å². The predicted octanol–water partition coefficient (Wildman–Crippen LogP) is 2.07. The highest BCUT2D eigenvalue weighted by Gasteiger charge is 2.30. The van der Waals surface area contributed by atoms with Gasteiger partial charge in [0.05, 0.1) is 12.9 Å². The van der Waals surface area contributed by atoms with Crippen molar-refractivity contribution >= 4 is 6.34 Å². The first kappa shape index (κ1) is 14.3. The lowest BCUT2D eigenvalue weighted by Gasteiger charge is -2.34. The summed E-state index contributed by atoms with van der Waals surface area (Å²) in [5, 5.41) is 18.7. The van der Waals surface area contributed by atoms with E-state index in [-0.39, 0.29) is 5.41 Å². The van der Waals surface area contributed by atoms with Crippen molar-refractivity contribution in [1.29, 1.82) is 10.8 Å². The molecule has 114 valence electrons. The highest BCUT2D eigenvalue weighted by atomic mass is 16.5. The Kier molecular flexibility index (Phi) is 3.85.